The first-order valence-electron chi connectivity index (χ1n) is 10.5. The molecule has 6 rings (SSSR count). The molecule has 0 spiro atoms. The molecule has 34 heavy (non-hydrogen) atoms. The van der Waals surface area contributed by atoms with Crippen LogP contribution in [0, 0.1) is 0 Å². The Morgan fingerprint density at radius 1 is 0.765 bits per heavy atom. The second kappa shape index (κ2) is 8.14. The van der Waals surface area contributed by atoms with Crippen LogP contribution in [0.5, 0.6) is 0 Å². The number of pyridine rings is 1. The van der Waals surface area contributed by atoms with E-state index < -0.39 is 0 Å². The maximum absolute atomic E-state index is 12.7. The summed E-state index contributed by atoms with van der Waals surface area (Å²) in [5.74, 6) is 0.243. The summed E-state index contributed by atoms with van der Waals surface area (Å²) in [4.78, 5) is 25.7. The van der Waals surface area contributed by atoms with Crippen LogP contribution in [0.3, 0.4) is 0 Å². The number of carbonyl (C=O) groups is 1. The van der Waals surface area contributed by atoms with Crippen LogP contribution in [0.15, 0.2) is 91.3 Å². The number of aromatic nitrogens is 7. The summed E-state index contributed by atoms with van der Waals surface area (Å²) in [6.45, 7) is 0. The molecular formula is C25H16N8O. The number of carbonyl (C=O) groups excluding carboxylic acids is 1. The average molecular weight is 444 g/mol. The van der Waals surface area contributed by atoms with Crippen LogP contribution in [0.1, 0.15) is 10.5 Å². The maximum atomic E-state index is 12.7. The monoisotopic (exact) mass is 444 g/mol. The van der Waals surface area contributed by atoms with Crippen molar-refractivity contribution in [2.45, 2.75) is 0 Å². The molecule has 2 aromatic carbocycles. The van der Waals surface area contributed by atoms with E-state index >= 15 is 0 Å². The average Bonchev–Trinajstić information content (AvgIpc) is 3.33. The van der Waals surface area contributed by atoms with E-state index in [9.17, 15) is 4.79 Å². The first-order valence-corrected chi connectivity index (χ1v) is 10.5. The molecule has 0 aliphatic rings. The lowest BCUT2D eigenvalue weighted by Crippen LogP contribution is -2.14. The number of nitrogens with one attached hydrogen (secondary N) is 1. The summed E-state index contributed by atoms with van der Waals surface area (Å²) in [6, 6.07) is 24.2. The van der Waals surface area contributed by atoms with Crippen LogP contribution >= 0.6 is 0 Å². The zero-order valence-electron chi connectivity index (χ0n) is 17.7. The van der Waals surface area contributed by atoms with Gasteiger partial charge in [-0.2, -0.15) is 9.61 Å². The van der Waals surface area contributed by atoms with Crippen LogP contribution in [0.4, 0.5) is 5.69 Å². The molecule has 9 nitrogen and oxygen atoms in total. The number of anilines is 1. The quantitative estimate of drug-likeness (QED) is 0.437. The molecule has 0 bridgehead atoms. The van der Waals surface area contributed by atoms with Crippen LogP contribution in [0.2, 0.25) is 0 Å². The van der Waals surface area contributed by atoms with Crippen molar-refractivity contribution in [2.75, 3.05) is 5.32 Å². The molecule has 0 saturated heterocycles. The van der Waals surface area contributed by atoms with Crippen LogP contribution in [-0.2, 0) is 0 Å². The lowest BCUT2D eigenvalue weighted by atomic mass is 10.1. The van der Waals surface area contributed by atoms with E-state index in [-0.39, 0.29) is 11.6 Å². The van der Waals surface area contributed by atoms with Crippen LogP contribution < -0.4 is 5.32 Å². The third kappa shape index (κ3) is 3.61. The molecule has 162 valence electrons. The molecule has 1 amide bonds. The van der Waals surface area contributed by atoms with Crippen molar-refractivity contribution >= 4 is 28.3 Å². The fraction of sp³-hybridized carbons (Fsp3) is 0. The predicted octanol–water partition coefficient (Wildman–Crippen LogP) is 4.05. The highest BCUT2D eigenvalue weighted by Gasteiger charge is 2.13. The zero-order valence-corrected chi connectivity index (χ0v) is 17.7. The van der Waals surface area contributed by atoms with Gasteiger partial charge in [-0.1, -0.05) is 30.3 Å². The first kappa shape index (κ1) is 19.6. The number of nitrogens with zero attached hydrogens (tertiary/aromatic N) is 7. The highest BCUT2D eigenvalue weighted by Crippen LogP contribution is 2.22. The normalized spacial score (nSPS) is 11.1. The van der Waals surface area contributed by atoms with Gasteiger partial charge in [-0.05, 0) is 48.5 Å². The maximum Gasteiger partial charge on any atom is 0.275 e. The van der Waals surface area contributed by atoms with E-state index in [0.717, 1.165) is 16.8 Å². The Morgan fingerprint density at radius 3 is 2.41 bits per heavy atom. The third-order valence-corrected chi connectivity index (χ3v) is 5.28. The Bertz CT molecular complexity index is 1650. The SMILES string of the molecule is O=C(Nc1ccc(-c2ccc3nnc(-c4ccccn4)n3n2)cc1)c1cnc2ccccc2n1. The molecular weight excluding hydrogens is 428 g/mol. The Morgan fingerprint density at radius 2 is 1.59 bits per heavy atom. The van der Waals surface area contributed by atoms with E-state index in [1.165, 1.54) is 6.20 Å². The van der Waals surface area contributed by atoms with Crippen molar-refractivity contribution in [1.82, 2.24) is 34.8 Å². The minimum Gasteiger partial charge on any atom is -0.321 e. The Labute approximate surface area is 193 Å². The summed E-state index contributed by atoms with van der Waals surface area (Å²) in [5.41, 5.74) is 5.25. The molecule has 9 heteroatoms. The van der Waals surface area contributed by atoms with Crippen molar-refractivity contribution in [3.05, 3.63) is 97.0 Å². The largest absolute Gasteiger partial charge is 0.321 e. The summed E-state index contributed by atoms with van der Waals surface area (Å²) in [7, 11) is 0. The molecule has 0 aliphatic carbocycles. The summed E-state index contributed by atoms with van der Waals surface area (Å²) in [5, 5.41) is 16.0. The number of para-hydroxylation sites is 2. The van der Waals surface area contributed by atoms with Gasteiger partial charge in [0.15, 0.2) is 5.65 Å². The molecule has 0 atom stereocenters. The minimum absolute atomic E-state index is 0.254. The van der Waals surface area contributed by atoms with Gasteiger partial charge in [0.25, 0.3) is 5.91 Å². The van der Waals surface area contributed by atoms with Crippen molar-refractivity contribution in [2.24, 2.45) is 0 Å². The van der Waals surface area contributed by atoms with Crippen molar-refractivity contribution in [3.63, 3.8) is 0 Å². The first-order chi connectivity index (χ1) is 16.7. The molecule has 0 saturated carbocycles. The lowest BCUT2D eigenvalue weighted by molar-refractivity contribution is 0.102. The molecule has 1 N–H and O–H groups in total. The number of benzene rings is 2. The molecule has 0 fully saturated rings. The van der Waals surface area contributed by atoms with Crippen LogP contribution in [0.25, 0.3) is 39.5 Å². The topological polar surface area (TPSA) is 111 Å². The lowest BCUT2D eigenvalue weighted by Gasteiger charge is -2.07. The van der Waals surface area contributed by atoms with E-state index in [1.54, 1.807) is 10.7 Å². The fourth-order valence-corrected chi connectivity index (χ4v) is 3.58. The summed E-state index contributed by atoms with van der Waals surface area (Å²) in [6.07, 6.45) is 3.18. The van der Waals surface area contributed by atoms with E-state index in [4.69, 9.17) is 5.10 Å². The standard InChI is InChI=1S/C25H16N8O/c34-25(22-15-27-19-5-1-2-6-20(19)29-22)28-17-10-8-16(9-11-17)18-12-13-23-30-31-24(33(23)32-18)21-7-3-4-14-26-21/h1-15H,(H,28,34). The van der Waals surface area contributed by atoms with Gasteiger partial charge in [0.05, 0.1) is 22.9 Å². The van der Waals surface area contributed by atoms with E-state index in [1.807, 2.05) is 78.9 Å². The predicted molar refractivity (Wildman–Crippen MR) is 127 cm³/mol. The van der Waals surface area contributed by atoms with Crippen molar-refractivity contribution in [3.8, 4) is 22.8 Å². The van der Waals surface area contributed by atoms with Gasteiger partial charge in [-0.25, -0.2) is 4.98 Å². The summed E-state index contributed by atoms with van der Waals surface area (Å²) >= 11 is 0. The van der Waals surface area contributed by atoms with Gasteiger partial charge in [0.2, 0.25) is 5.82 Å². The molecule has 0 aliphatic heterocycles. The van der Waals surface area contributed by atoms with Gasteiger partial charge in [0, 0.05) is 17.4 Å². The van der Waals surface area contributed by atoms with E-state index in [2.05, 4.69) is 30.5 Å². The van der Waals surface area contributed by atoms with Gasteiger partial charge < -0.3 is 5.32 Å². The van der Waals surface area contributed by atoms with Gasteiger partial charge in [-0.3, -0.25) is 14.8 Å². The number of rotatable bonds is 4. The number of hydrogen-bond donors (Lipinski definition) is 1. The van der Waals surface area contributed by atoms with Gasteiger partial charge >= 0.3 is 0 Å². The second-order valence-corrected chi connectivity index (χ2v) is 7.50. The van der Waals surface area contributed by atoms with E-state index in [0.29, 0.717) is 28.4 Å². The molecule has 0 radical (unpaired) electrons. The van der Waals surface area contributed by atoms with Crippen LogP contribution in [-0.4, -0.2) is 40.7 Å². The molecule has 4 aromatic heterocycles. The Hall–Kier alpha value is -5.05. The number of hydrogen-bond acceptors (Lipinski definition) is 7. The molecule has 6 aromatic rings. The van der Waals surface area contributed by atoms with Gasteiger partial charge in [0.1, 0.15) is 11.4 Å². The Balaban J connectivity index is 1.25. The molecule has 4 heterocycles. The minimum atomic E-state index is -0.324. The van der Waals surface area contributed by atoms with Crippen molar-refractivity contribution in [1.29, 1.82) is 0 Å². The zero-order chi connectivity index (χ0) is 22.9. The van der Waals surface area contributed by atoms with Gasteiger partial charge in [-0.15, -0.1) is 10.2 Å². The number of amides is 1. The highest BCUT2D eigenvalue weighted by atomic mass is 16.1. The summed E-state index contributed by atoms with van der Waals surface area (Å²) < 4.78 is 1.67. The fourth-order valence-electron chi connectivity index (χ4n) is 3.58. The number of fused-ring (bicyclic) bond motifs is 2. The smallest absolute Gasteiger partial charge is 0.275 e. The Kier molecular flexibility index (Phi) is 4.70. The van der Waals surface area contributed by atoms with Crippen molar-refractivity contribution < 1.29 is 4.79 Å². The third-order valence-electron chi connectivity index (χ3n) is 5.28. The highest BCUT2D eigenvalue weighted by molar-refractivity contribution is 6.03. The molecule has 0 unspecified atom stereocenters. The second-order valence-electron chi connectivity index (χ2n) is 7.50.